The van der Waals surface area contributed by atoms with E-state index in [1.807, 2.05) is 0 Å². The monoisotopic (exact) mass is 780 g/mol. The van der Waals surface area contributed by atoms with Crippen molar-refractivity contribution in [3.63, 3.8) is 0 Å². The number of rotatable bonds is 6. The summed E-state index contributed by atoms with van der Waals surface area (Å²) in [6.07, 6.45) is 0. The number of hydrogen-bond donors (Lipinski definition) is 0. The van der Waals surface area contributed by atoms with Crippen molar-refractivity contribution in [3.05, 3.63) is 136 Å². The van der Waals surface area contributed by atoms with Gasteiger partial charge < -0.3 is 0 Å². The molecule has 4 amide bonds. The summed E-state index contributed by atoms with van der Waals surface area (Å²) < 4.78 is 0. The van der Waals surface area contributed by atoms with E-state index < -0.39 is 69.5 Å². The number of amides is 4. The molecule has 4 aliphatic rings. The van der Waals surface area contributed by atoms with Gasteiger partial charge >= 0.3 is 0 Å². The van der Waals surface area contributed by atoms with Crippen LogP contribution in [0.2, 0.25) is 20.1 Å². The van der Waals surface area contributed by atoms with Gasteiger partial charge in [-0.2, -0.15) is 0 Å². The fraction of sp³-hybridized carbons (Fsp3) is 0.176. The minimum Gasteiger partial charge on any atom is -0.274 e. The van der Waals surface area contributed by atoms with Gasteiger partial charge in [0, 0.05) is 44.4 Å². The van der Waals surface area contributed by atoms with Crippen LogP contribution in [0.5, 0.6) is 0 Å². The molecule has 0 spiro atoms. The molecule has 4 aromatic rings. The van der Waals surface area contributed by atoms with E-state index in [0.717, 1.165) is 9.80 Å². The Labute approximate surface area is 312 Å². The predicted octanol–water partition coefficient (Wildman–Crippen LogP) is 6.56. The molecule has 0 bridgehead atoms. The summed E-state index contributed by atoms with van der Waals surface area (Å²) >= 11 is 25.0. The SMILES string of the molecule is O=C1C2C(C(=O)N1c1cc(Cl)cc(Cl)c1)N1C(c3cccc([N+](=O)[O-])c3)C3C(=O)N(c4cc(Cl)cc(Cl)c4)C(=O)C3N1C2c1cccc([N+](=O)[O-])c1. The largest absolute Gasteiger partial charge is 0.274 e. The first-order chi connectivity index (χ1) is 24.8. The van der Waals surface area contributed by atoms with Gasteiger partial charge in [-0.3, -0.25) is 39.4 Å². The molecule has 0 aromatic heterocycles. The van der Waals surface area contributed by atoms with E-state index >= 15 is 0 Å². The molecule has 6 atom stereocenters. The smallest absolute Gasteiger partial charge is 0.269 e. The average molecular weight is 782 g/mol. The first-order valence-corrected chi connectivity index (χ1v) is 17.0. The number of carbonyl (C=O) groups is 4. The molecule has 4 heterocycles. The molecule has 4 saturated heterocycles. The zero-order valence-electron chi connectivity index (χ0n) is 26.0. The van der Waals surface area contributed by atoms with Crippen LogP contribution in [0.25, 0.3) is 0 Å². The van der Waals surface area contributed by atoms with Gasteiger partial charge in [0.2, 0.25) is 11.8 Å². The molecule has 4 aromatic carbocycles. The van der Waals surface area contributed by atoms with E-state index in [-0.39, 0.29) is 54.0 Å². The normalized spacial score (nSPS) is 25.5. The number of nitro benzene ring substituents is 2. The van der Waals surface area contributed by atoms with Gasteiger partial charge in [0.15, 0.2) is 0 Å². The first-order valence-electron chi connectivity index (χ1n) is 15.5. The predicted molar refractivity (Wildman–Crippen MR) is 188 cm³/mol. The van der Waals surface area contributed by atoms with Crippen LogP contribution in [-0.2, 0) is 19.2 Å². The van der Waals surface area contributed by atoms with Crippen LogP contribution < -0.4 is 9.80 Å². The van der Waals surface area contributed by atoms with Gasteiger partial charge in [-0.25, -0.2) is 19.8 Å². The molecule has 262 valence electrons. The van der Waals surface area contributed by atoms with Gasteiger partial charge in [0.1, 0.15) is 12.1 Å². The quantitative estimate of drug-likeness (QED) is 0.119. The molecular weight excluding hydrogens is 762 g/mol. The lowest BCUT2D eigenvalue weighted by molar-refractivity contribution is -0.385. The number of anilines is 2. The summed E-state index contributed by atoms with van der Waals surface area (Å²) in [6, 6.07) is 14.0. The zero-order chi connectivity index (χ0) is 36.9. The maximum absolute atomic E-state index is 14.6. The average Bonchev–Trinajstić information content (AvgIpc) is 3.75. The molecular formula is C34H20Cl4N6O8. The summed E-state index contributed by atoms with van der Waals surface area (Å²) in [5, 5.41) is 27.4. The van der Waals surface area contributed by atoms with Crippen LogP contribution in [0.15, 0.2) is 84.9 Å². The highest BCUT2D eigenvalue weighted by molar-refractivity contribution is 6.37. The van der Waals surface area contributed by atoms with Crippen LogP contribution in [0, 0.1) is 32.1 Å². The van der Waals surface area contributed by atoms with Crippen molar-refractivity contribution < 1.29 is 29.0 Å². The Morgan fingerprint density at radius 1 is 0.481 bits per heavy atom. The van der Waals surface area contributed by atoms with Crippen molar-refractivity contribution in [2.24, 2.45) is 11.8 Å². The highest BCUT2D eigenvalue weighted by Gasteiger charge is 2.73. The standard InChI is InChI=1S/C34H20Cl4N6O8/c35-17-9-18(36)12-23(11-17)39-31(45)25-27(15-3-1-5-21(7-15)43(49)50)41-30-26(32(46)40(34(30)48)24-13-19(37)10-20(38)14-24)28(42(41)29(25)33(39)47)16-4-2-6-22(8-16)44(51)52/h1-14,25-30H. The van der Waals surface area contributed by atoms with Crippen molar-refractivity contribution in [2.75, 3.05) is 9.80 Å². The lowest BCUT2D eigenvalue weighted by Crippen LogP contribution is -2.50. The number of carbonyl (C=O) groups excluding carboxylic acids is 4. The highest BCUT2D eigenvalue weighted by Crippen LogP contribution is 2.60. The number of hydrazine groups is 1. The summed E-state index contributed by atoms with van der Waals surface area (Å²) in [7, 11) is 0. The second-order valence-electron chi connectivity index (χ2n) is 12.6. The van der Waals surface area contributed by atoms with Crippen LogP contribution in [-0.4, -0.2) is 55.6 Å². The molecule has 52 heavy (non-hydrogen) atoms. The fourth-order valence-corrected chi connectivity index (χ4v) is 9.02. The molecule has 14 nitrogen and oxygen atoms in total. The van der Waals surface area contributed by atoms with Crippen LogP contribution >= 0.6 is 46.4 Å². The van der Waals surface area contributed by atoms with Crippen molar-refractivity contribution in [2.45, 2.75) is 24.2 Å². The Hall–Kier alpha value is -4.96. The van der Waals surface area contributed by atoms with Crippen molar-refractivity contribution >= 4 is 92.8 Å². The summed E-state index contributed by atoms with van der Waals surface area (Å²) in [6.45, 7) is 0. The van der Waals surface area contributed by atoms with E-state index in [4.69, 9.17) is 46.4 Å². The maximum Gasteiger partial charge on any atom is 0.269 e. The molecule has 0 N–H and O–H groups in total. The van der Waals surface area contributed by atoms with Crippen LogP contribution in [0.3, 0.4) is 0 Å². The molecule has 18 heteroatoms. The third-order valence-corrected chi connectivity index (χ3v) is 10.7. The highest BCUT2D eigenvalue weighted by atomic mass is 35.5. The minimum atomic E-state index is -1.38. The number of benzene rings is 4. The number of non-ortho nitro benzene ring substituents is 2. The maximum atomic E-state index is 14.6. The topological polar surface area (TPSA) is 168 Å². The van der Waals surface area contributed by atoms with E-state index in [1.54, 1.807) is 0 Å². The minimum absolute atomic E-state index is 0.0636. The first kappa shape index (κ1) is 34.1. The van der Waals surface area contributed by atoms with E-state index in [2.05, 4.69) is 0 Å². The molecule has 4 fully saturated rings. The van der Waals surface area contributed by atoms with E-state index in [1.165, 1.54) is 94.9 Å². The number of imide groups is 2. The number of hydrogen-bond acceptors (Lipinski definition) is 10. The van der Waals surface area contributed by atoms with E-state index in [0.29, 0.717) is 0 Å². The second kappa shape index (κ2) is 12.3. The Morgan fingerprint density at radius 3 is 1.15 bits per heavy atom. The third-order valence-electron chi connectivity index (χ3n) is 9.78. The van der Waals surface area contributed by atoms with Gasteiger partial charge in [-0.05, 0) is 47.5 Å². The lowest BCUT2D eigenvalue weighted by Gasteiger charge is -2.35. The summed E-state index contributed by atoms with van der Waals surface area (Å²) in [4.78, 5) is 82.9. The number of nitrogens with zero attached hydrogens (tertiary/aromatic N) is 6. The Kier molecular flexibility index (Phi) is 8.09. The third kappa shape index (κ3) is 5.09. The second-order valence-corrected chi connectivity index (χ2v) is 14.3. The van der Waals surface area contributed by atoms with Gasteiger partial charge in [-0.15, -0.1) is 0 Å². The Morgan fingerprint density at radius 2 is 0.827 bits per heavy atom. The van der Waals surface area contributed by atoms with Crippen molar-refractivity contribution in [3.8, 4) is 0 Å². The number of halogens is 4. The van der Waals surface area contributed by atoms with Crippen molar-refractivity contribution in [1.82, 2.24) is 10.0 Å². The molecule has 6 unspecified atom stereocenters. The molecule has 8 rings (SSSR count). The summed E-state index contributed by atoms with van der Waals surface area (Å²) in [5.74, 6) is -5.51. The number of fused-ring (bicyclic) bond motifs is 5. The fourth-order valence-electron chi connectivity index (χ4n) is 7.99. The molecule has 0 saturated carbocycles. The van der Waals surface area contributed by atoms with E-state index in [9.17, 15) is 39.4 Å². The Balaban J connectivity index is 1.37. The van der Waals surface area contributed by atoms with Gasteiger partial charge in [0.25, 0.3) is 23.2 Å². The van der Waals surface area contributed by atoms with Crippen molar-refractivity contribution in [1.29, 1.82) is 0 Å². The van der Waals surface area contributed by atoms with Crippen LogP contribution in [0.1, 0.15) is 23.2 Å². The Bertz CT molecular complexity index is 2110. The number of nitro groups is 2. The van der Waals surface area contributed by atoms with Gasteiger partial charge in [-0.1, -0.05) is 70.7 Å². The summed E-state index contributed by atoms with van der Waals surface area (Å²) in [5.41, 5.74) is -0.0959. The molecule has 0 aliphatic carbocycles. The molecule has 4 aliphatic heterocycles. The lowest BCUT2D eigenvalue weighted by atomic mass is 9.84. The molecule has 0 radical (unpaired) electrons. The van der Waals surface area contributed by atoms with Gasteiger partial charge in [0.05, 0.1) is 45.1 Å². The zero-order valence-corrected chi connectivity index (χ0v) is 29.0. The van der Waals surface area contributed by atoms with Crippen LogP contribution in [0.4, 0.5) is 22.7 Å².